The number of nitrogens with zero attached hydrogens (tertiary/aromatic N) is 2. The average molecular weight is 415 g/mol. The third-order valence-electron chi connectivity index (χ3n) is 4.54. The molecule has 4 rings (SSSR count). The van der Waals surface area contributed by atoms with Crippen molar-refractivity contribution in [3.05, 3.63) is 46.8 Å². The first kappa shape index (κ1) is 19.1. The predicted molar refractivity (Wildman–Crippen MR) is 113 cm³/mol. The number of hydrogen-bond donors (Lipinski definition) is 0. The lowest BCUT2D eigenvalue weighted by atomic mass is 10.2. The third kappa shape index (κ3) is 4.10. The molecule has 7 heteroatoms. The van der Waals surface area contributed by atoms with Crippen LogP contribution in [0.25, 0.3) is 10.2 Å². The van der Waals surface area contributed by atoms with Gasteiger partial charge in [-0.15, -0.1) is 11.8 Å². The van der Waals surface area contributed by atoms with Crippen molar-refractivity contribution < 1.29 is 14.3 Å². The second-order valence-corrected chi connectivity index (χ2v) is 8.75. The van der Waals surface area contributed by atoms with Crippen molar-refractivity contribution in [2.75, 3.05) is 12.5 Å². The van der Waals surface area contributed by atoms with Crippen LogP contribution in [0, 0.1) is 6.92 Å². The normalized spacial score (nSPS) is 13.4. The van der Waals surface area contributed by atoms with Gasteiger partial charge in [0.1, 0.15) is 0 Å². The summed E-state index contributed by atoms with van der Waals surface area (Å²) in [7, 11) is 0. The molecule has 0 atom stereocenters. The first-order valence-electron chi connectivity index (χ1n) is 9.34. The maximum absolute atomic E-state index is 12.4. The van der Waals surface area contributed by atoms with E-state index >= 15 is 0 Å². The predicted octanol–water partition coefficient (Wildman–Crippen LogP) is 4.76. The van der Waals surface area contributed by atoms with E-state index in [-0.39, 0.29) is 12.7 Å². The molecule has 2 aromatic carbocycles. The van der Waals surface area contributed by atoms with E-state index in [9.17, 15) is 4.79 Å². The van der Waals surface area contributed by atoms with E-state index in [0.717, 1.165) is 45.2 Å². The largest absolute Gasteiger partial charge is 0.454 e. The van der Waals surface area contributed by atoms with Gasteiger partial charge in [0.05, 0.1) is 10.2 Å². The fourth-order valence-corrected chi connectivity index (χ4v) is 5.04. The molecule has 0 fully saturated rings. The van der Waals surface area contributed by atoms with Crippen LogP contribution in [0.4, 0.5) is 0 Å². The summed E-state index contributed by atoms with van der Waals surface area (Å²) in [5.41, 5.74) is 2.28. The third-order valence-corrected chi connectivity index (χ3v) is 6.68. The molecular weight excluding hydrogens is 392 g/mol. The Bertz CT molecular complexity index is 1070. The molecule has 1 aromatic heterocycles. The van der Waals surface area contributed by atoms with Gasteiger partial charge in [-0.05, 0) is 38.2 Å². The Morgan fingerprint density at radius 1 is 1.21 bits per heavy atom. The average Bonchev–Trinajstić information content (AvgIpc) is 3.27. The van der Waals surface area contributed by atoms with Gasteiger partial charge < -0.3 is 14.0 Å². The number of hydrogen-bond acceptors (Lipinski definition) is 5. The van der Waals surface area contributed by atoms with Gasteiger partial charge in [0.2, 0.25) is 12.7 Å². The fraction of sp³-hybridized carbons (Fsp3) is 0.333. The first-order chi connectivity index (χ1) is 13.6. The number of ether oxygens (including phenoxy) is 2. The highest BCUT2D eigenvalue weighted by molar-refractivity contribution is 7.99. The second kappa shape index (κ2) is 8.41. The summed E-state index contributed by atoms with van der Waals surface area (Å²) in [5, 5.41) is 0. The summed E-state index contributed by atoms with van der Waals surface area (Å²) in [6.45, 7) is 5.14. The van der Waals surface area contributed by atoms with Crippen molar-refractivity contribution >= 4 is 39.2 Å². The Hall–Kier alpha value is -2.25. The van der Waals surface area contributed by atoms with Gasteiger partial charge in [-0.25, -0.2) is 0 Å². The van der Waals surface area contributed by atoms with Crippen LogP contribution in [0.3, 0.4) is 0 Å². The molecule has 1 aliphatic rings. The maximum atomic E-state index is 12.4. The van der Waals surface area contributed by atoms with Crippen molar-refractivity contribution in [1.29, 1.82) is 0 Å². The first-order valence-corrected chi connectivity index (χ1v) is 11.1. The maximum Gasteiger partial charge on any atom is 0.248 e. The molecule has 3 aromatic rings. The zero-order valence-corrected chi connectivity index (χ0v) is 17.6. The lowest BCUT2D eigenvalue weighted by Gasteiger charge is -2.02. The molecule has 0 spiro atoms. The van der Waals surface area contributed by atoms with Gasteiger partial charge >= 0.3 is 0 Å². The Balaban J connectivity index is 1.43. The van der Waals surface area contributed by atoms with E-state index in [4.69, 9.17) is 9.47 Å². The van der Waals surface area contributed by atoms with Gasteiger partial charge in [-0.3, -0.25) is 4.79 Å². The number of aryl methyl sites for hydroxylation is 2. The minimum Gasteiger partial charge on any atom is -0.454 e. The van der Waals surface area contributed by atoms with Crippen LogP contribution in [0.2, 0.25) is 0 Å². The number of thioether (sulfide) groups is 1. The summed E-state index contributed by atoms with van der Waals surface area (Å²) in [6.07, 6.45) is 1.27. The number of carbonyl (C=O) groups excluding carboxylic acids is 1. The Morgan fingerprint density at radius 3 is 2.71 bits per heavy atom. The summed E-state index contributed by atoms with van der Waals surface area (Å²) in [4.78, 5) is 18.7. The van der Waals surface area contributed by atoms with Crippen LogP contribution in [0.15, 0.2) is 46.3 Å². The standard InChI is InChI=1S/C21H22N2O3S2/c1-3-23-16-11-17-18(26-13-25-17)12-19(16)28-21(23)22-20(24)5-4-10-27-15-8-6-14(2)7-9-15/h6-9,11-12H,3-5,10,13H2,1-2H3. The molecule has 0 aliphatic carbocycles. The summed E-state index contributed by atoms with van der Waals surface area (Å²) in [6, 6.07) is 12.4. The number of aromatic nitrogens is 1. The van der Waals surface area contributed by atoms with Gasteiger partial charge in [0.25, 0.3) is 0 Å². The fourth-order valence-electron chi connectivity index (χ4n) is 3.06. The topological polar surface area (TPSA) is 52.8 Å². The summed E-state index contributed by atoms with van der Waals surface area (Å²) in [5.74, 6) is 2.34. The number of fused-ring (bicyclic) bond motifs is 2. The monoisotopic (exact) mass is 414 g/mol. The molecule has 2 heterocycles. The van der Waals surface area contributed by atoms with Crippen LogP contribution in [0.5, 0.6) is 11.5 Å². The number of benzene rings is 2. The molecule has 0 radical (unpaired) electrons. The molecule has 5 nitrogen and oxygen atoms in total. The molecule has 1 aliphatic heterocycles. The van der Waals surface area contributed by atoms with Crippen LogP contribution in [0.1, 0.15) is 25.3 Å². The zero-order chi connectivity index (χ0) is 19.5. The SMILES string of the molecule is CCn1c(=NC(=O)CCCSc2ccc(C)cc2)sc2cc3c(cc21)OCO3. The smallest absolute Gasteiger partial charge is 0.248 e. The molecule has 0 bridgehead atoms. The molecule has 146 valence electrons. The molecule has 0 N–H and O–H groups in total. The highest BCUT2D eigenvalue weighted by Crippen LogP contribution is 2.36. The van der Waals surface area contributed by atoms with Crippen LogP contribution in [-0.2, 0) is 11.3 Å². The van der Waals surface area contributed by atoms with Crippen molar-refractivity contribution in [1.82, 2.24) is 4.57 Å². The Morgan fingerprint density at radius 2 is 1.96 bits per heavy atom. The summed E-state index contributed by atoms with van der Waals surface area (Å²) >= 11 is 3.29. The van der Waals surface area contributed by atoms with Gasteiger partial charge in [0.15, 0.2) is 16.3 Å². The quantitative estimate of drug-likeness (QED) is 0.431. The van der Waals surface area contributed by atoms with Crippen molar-refractivity contribution in [3.8, 4) is 11.5 Å². The molecule has 0 unspecified atom stereocenters. The molecule has 0 saturated carbocycles. The minimum absolute atomic E-state index is 0.0710. The van der Waals surface area contributed by atoms with E-state index < -0.39 is 0 Å². The molecule has 28 heavy (non-hydrogen) atoms. The van der Waals surface area contributed by atoms with E-state index in [0.29, 0.717) is 6.42 Å². The van der Waals surface area contributed by atoms with Crippen molar-refractivity contribution in [2.45, 2.75) is 38.1 Å². The minimum atomic E-state index is -0.0710. The zero-order valence-electron chi connectivity index (χ0n) is 15.9. The highest BCUT2D eigenvalue weighted by Gasteiger charge is 2.17. The molecule has 0 saturated heterocycles. The van der Waals surface area contributed by atoms with Gasteiger partial charge in [-0.2, -0.15) is 4.99 Å². The summed E-state index contributed by atoms with van der Waals surface area (Å²) < 4.78 is 14.0. The van der Waals surface area contributed by atoms with Crippen LogP contribution < -0.4 is 14.3 Å². The van der Waals surface area contributed by atoms with E-state index in [1.807, 2.05) is 12.1 Å². The van der Waals surface area contributed by atoms with E-state index in [2.05, 4.69) is 47.7 Å². The number of thiazole rings is 1. The van der Waals surface area contributed by atoms with Gasteiger partial charge in [-0.1, -0.05) is 29.0 Å². The Labute approximate surface area is 172 Å². The molecular formula is C21H22N2O3S2. The van der Waals surface area contributed by atoms with E-state index in [1.54, 1.807) is 11.8 Å². The van der Waals surface area contributed by atoms with Crippen molar-refractivity contribution in [3.63, 3.8) is 0 Å². The number of carbonyl (C=O) groups is 1. The van der Waals surface area contributed by atoms with E-state index in [1.165, 1.54) is 21.8 Å². The van der Waals surface area contributed by atoms with Gasteiger partial charge in [0, 0.05) is 30.0 Å². The lowest BCUT2D eigenvalue weighted by Crippen LogP contribution is -2.15. The number of rotatable bonds is 6. The van der Waals surface area contributed by atoms with Crippen LogP contribution in [-0.4, -0.2) is 23.0 Å². The highest BCUT2D eigenvalue weighted by atomic mass is 32.2. The second-order valence-electron chi connectivity index (χ2n) is 6.57. The number of amides is 1. The lowest BCUT2D eigenvalue weighted by molar-refractivity contribution is -0.118. The van der Waals surface area contributed by atoms with Crippen LogP contribution >= 0.6 is 23.1 Å². The Kier molecular flexibility index (Phi) is 5.73. The molecule has 1 amide bonds. The van der Waals surface area contributed by atoms with Crippen molar-refractivity contribution in [2.24, 2.45) is 4.99 Å².